The summed E-state index contributed by atoms with van der Waals surface area (Å²) in [6, 6.07) is 19.9. The third-order valence-electron chi connectivity index (χ3n) is 14.0. The third kappa shape index (κ3) is 17.4. The number of unbranched alkanes of at least 4 members (excludes halogenated alkanes) is 2. The summed E-state index contributed by atoms with van der Waals surface area (Å²) in [5.74, 6) is -2.90. The second-order valence-electron chi connectivity index (χ2n) is 21.3. The molecule has 4 amide bonds. The molecule has 0 saturated carbocycles. The van der Waals surface area contributed by atoms with Crippen molar-refractivity contribution in [1.29, 1.82) is 0 Å². The highest BCUT2D eigenvalue weighted by Crippen LogP contribution is 2.43. The number of fused-ring (bicyclic) bond motifs is 5. The predicted molar refractivity (Wildman–Crippen MR) is 313 cm³/mol. The number of amides is 4. The number of anilines is 1. The molecule has 3 atom stereocenters. The topological polar surface area (TPSA) is 325 Å². The number of aromatic nitrogens is 2. The first kappa shape index (κ1) is 64.7. The van der Waals surface area contributed by atoms with Crippen LogP contribution < -0.4 is 31.6 Å². The summed E-state index contributed by atoms with van der Waals surface area (Å²) in [4.78, 5) is 115. The van der Waals surface area contributed by atoms with Crippen LogP contribution in [0.5, 0.6) is 5.75 Å². The maximum Gasteiger partial charge on any atom is 0.514 e. The van der Waals surface area contributed by atoms with Gasteiger partial charge in [0.2, 0.25) is 29.2 Å². The van der Waals surface area contributed by atoms with Gasteiger partial charge in [-0.2, -0.15) is 0 Å². The van der Waals surface area contributed by atoms with E-state index in [1.54, 1.807) is 105 Å². The molecule has 0 spiro atoms. The Kier molecular flexibility index (Phi) is 23.1. The lowest BCUT2D eigenvalue weighted by atomic mass is 9.85. The summed E-state index contributed by atoms with van der Waals surface area (Å²) in [5, 5.41) is 15.1. The molecule has 0 fully saturated rings. The lowest BCUT2D eigenvalue weighted by Crippen LogP contribution is -2.54. The van der Waals surface area contributed by atoms with Crippen LogP contribution in [0.2, 0.25) is 0 Å². The number of azide groups is 1. The van der Waals surface area contributed by atoms with Crippen LogP contribution in [0.3, 0.4) is 0 Å². The van der Waals surface area contributed by atoms with E-state index in [-0.39, 0.29) is 95.4 Å². The van der Waals surface area contributed by atoms with E-state index in [0.29, 0.717) is 41.0 Å². The molecule has 86 heavy (non-hydrogen) atoms. The monoisotopic (exact) mass is 1190 g/mol. The number of carbonyl (C=O) groups excluding carboxylic acids is 7. The Morgan fingerprint density at radius 1 is 0.814 bits per heavy atom. The normalized spacial score (nSPS) is 14.7. The number of hydrogen-bond acceptors (Lipinski definition) is 18. The van der Waals surface area contributed by atoms with Crippen molar-refractivity contribution in [2.45, 2.75) is 130 Å². The Hall–Kier alpha value is -8.90. The Morgan fingerprint density at radius 2 is 1.56 bits per heavy atom. The van der Waals surface area contributed by atoms with Gasteiger partial charge in [-0.15, -0.1) is 0 Å². The maximum atomic E-state index is 14.3. The van der Waals surface area contributed by atoms with E-state index in [4.69, 9.17) is 48.4 Å². The Morgan fingerprint density at radius 3 is 2.27 bits per heavy atom. The summed E-state index contributed by atoms with van der Waals surface area (Å²) >= 11 is 0. The van der Waals surface area contributed by atoms with Gasteiger partial charge in [0.1, 0.15) is 49.9 Å². The van der Waals surface area contributed by atoms with Crippen LogP contribution in [0.1, 0.15) is 107 Å². The van der Waals surface area contributed by atoms with Gasteiger partial charge in [0, 0.05) is 46.6 Å². The van der Waals surface area contributed by atoms with Crippen molar-refractivity contribution in [3.05, 3.63) is 133 Å². The average molecular weight is 1190 g/mol. The zero-order chi connectivity index (χ0) is 61.8. The zero-order valence-corrected chi connectivity index (χ0v) is 49.2. The largest absolute Gasteiger partial charge is 0.514 e. The SMILES string of the molecule is CCCCCC(NC(=O)C(Cc1ccccc1)NC(=O)COCC(=O)NCCOCCOCCN=[N+]=[N-])C(=O)Nc1ccc(COC(=O)O[C@]2(CC)C(=O)OCc3c2cc2n(c3=O)Cc3c-2nc2ccc(OC(=O)OC(C)(C)C)cc2c3CC)cc1. The van der Waals surface area contributed by atoms with Crippen molar-refractivity contribution in [2.24, 2.45) is 5.11 Å². The standard InChI is InChI=1S/C61H73N9O16/c1-7-10-12-17-48(68-55(74)49(30-38-15-13-11-14-16-38)66-52(72)37-81-36-51(71)63-24-26-79-28-29-80-27-25-64-69-62)54(73)65-40-20-18-39(19-21-40)34-83-58(77)86-61(9-3)46-32-50-53-44(33-70(50)56(75)45(46)35-82-57(61)76)42(8-2)43-31-41(22-23-47(43)67-53)84-59(78)85-60(4,5)6/h11,13-16,18-23,31-32,48-49H,7-10,12,17,24-30,33-37H2,1-6H3,(H,63,71)(H,65,73)(H,66,72)(H,68,74)/t48?,49?,61-/m0/s1. The van der Waals surface area contributed by atoms with Gasteiger partial charge in [-0.05, 0) is 98.7 Å². The number of nitrogens with one attached hydrogen (secondary N) is 4. The van der Waals surface area contributed by atoms with Gasteiger partial charge in [-0.1, -0.05) is 87.6 Å². The number of cyclic esters (lactones) is 1. The van der Waals surface area contributed by atoms with Gasteiger partial charge in [0.25, 0.3) is 5.56 Å². The Balaban J connectivity index is 0.957. The zero-order valence-electron chi connectivity index (χ0n) is 49.2. The van der Waals surface area contributed by atoms with Crippen LogP contribution in [-0.2, 0) is 95.3 Å². The number of hydrogen-bond donors (Lipinski definition) is 4. The molecule has 0 bridgehead atoms. The van der Waals surface area contributed by atoms with Crippen molar-refractivity contribution in [3.63, 3.8) is 0 Å². The number of aryl methyl sites for hydroxylation is 1. The lowest BCUT2D eigenvalue weighted by molar-refractivity contribution is -0.175. The summed E-state index contributed by atoms with van der Waals surface area (Å²) in [6.45, 7) is 10.8. The van der Waals surface area contributed by atoms with Gasteiger partial charge < -0.3 is 63.7 Å². The molecule has 0 radical (unpaired) electrons. The number of carbonyl (C=O) groups is 7. The highest BCUT2D eigenvalue weighted by atomic mass is 16.7. The molecule has 458 valence electrons. The van der Waals surface area contributed by atoms with Crippen molar-refractivity contribution in [2.75, 3.05) is 58.0 Å². The maximum absolute atomic E-state index is 14.3. The molecule has 3 aromatic carbocycles. The quantitative estimate of drug-likeness (QED) is 0.00644. The molecule has 2 aliphatic rings. The minimum absolute atomic E-state index is 0.0849. The Labute approximate surface area is 496 Å². The molecule has 0 saturated heterocycles. The molecule has 25 heteroatoms. The molecule has 7 rings (SSSR count). The van der Waals surface area contributed by atoms with Crippen LogP contribution in [0, 0.1) is 0 Å². The summed E-state index contributed by atoms with van der Waals surface area (Å²) in [5.41, 5.74) is 10.1. The lowest BCUT2D eigenvalue weighted by Gasteiger charge is -2.35. The van der Waals surface area contributed by atoms with Gasteiger partial charge in [-0.25, -0.2) is 19.4 Å². The third-order valence-corrected chi connectivity index (χ3v) is 14.0. The molecule has 25 nitrogen and oxygen atoms in total. The van der Waals surface area contributed by atoms with Gasteiger partial charge >= 0.3 is 18.3 Å². The Bertz CT molecular complexity index is 3360. The summed E-state index contributed by atoms with van der Waals surface area (Å²) < 4.78 is 45.3. The molecule has 2 aromatic heterocycles. The minimum Gasteiger partial charge on any atom is -0.457 e. The van der Waals surface area contributed by atoms with E-state index in [0.717, 1.165) is 34.9 Å². The number of pyridine rings is 2. The first-order valence-electron chi connectivity index (χ1n) is 28.6. The number of ether oxygens (including phenoxy) is 8. The minimum atomic E-state index is -2.05. The summed E-state index contributed by atoms with van der Waals surface area (Å²) in [7, 11) is 0. The molecule has 4 heterocycles. The van der Waals surface area contributed by atoms with E-state index in [1.807, 2.05) is 19.9 Å². The molecular formula is C61H73N9O16. The van der Waals surface area contributed by atoms with Crippen LogP contribution in [-0.4, -0.2) is 122 Å². The highest BCUT2D eigenvalue weighted by Gasteiger charge is 2.51. The number of esters is 1. The highest BCUT2D eigenvalue weighted by molar-refractivity contribution is 5.98. The van der Waals surface area contributed by atoms with E-state index >= 15 is 0 Å². The molecule has 0 aliphatic carbocycles. The first-order valence-corrected chi connectivity index (χ1v) is 28.6. The van der Waals surface area contributed by atoms with Crippen molar-refractivity contribution < 1.29 is 71.5 Å². The van der Waals surface area contributed by atoms with Crippen LogP contribution in [0.4, 0.5) is 15.3 Å². The molecule has 2 aliphatic heterocycles. The van der Waals surface area contributed by atoms with Gasteiger partial charge in [0.15, 0.2) is 0 Å². The fraction of sp³-hybridized carbons (Fsp3) is 0.459. The molecule has 4 N–H and O–H groups in total. The second kappa shape index (κ2) is 30.8. The van der Waals surface area contributed by atoms with Crippen molar-refractivity contribution >= 4 is 58.5 Å². The fourth-order valence-electron chi connectivity index (χ4n) is 9.82. The van der Waals surface area contributed by atoms with Gasteiger partial charge in [0.05, 0.1) is 55.4 Å². The first-order chi connectivity index (χ1) is 41.4. The number of nitrogens with zero attached hydrogens (tertiary/aromatic N) is 5. The molecular weight excluding hydrogens is 1110 g/mol. The average Bonchev–Trinajstić information content (AvgIpc) is 1.52. The molecule has 5 aromatic rings. The summed E-state index contributed by atoms with van der Waals surface area (Å²) in [6.07, 6.45) is 0.977. The van der Waals surface area contributed by atoms with E-state index in [1.165, 1.54) is 0 Å². The number of benzene rings is 3. The fourth-order valence-corrected chi connectivity index (χ4v) is 9.82. The van der Waals surface area contributed by atoms with Gasteiger partial charge in [-0.3, -0.25) is 24.0 Å². The van der Waals surface area contributed by atoms with Crippen molar-refractivity contribution in [1.82, 2.24) is 25.5 Å². The van der Waals surface area contributed by atoms with Crippen LogP contribution in [0.15, 0.2) is 88.8 Å². The van der Waals surface area contributed by atoms with Crippen LogP contribution in [0.25, 0.3) is 32.7 Å². The van der Waals surface area contributed by atoms with E-state index < -0.39 is 84.0 Å². The molecule has 2 unspecified atom stereocenters. The van der Waals surface area contributed by atoms with E-state index in [9.17, 15) is 38.4 Å². The van der Waals surface area contributed by atoms with Crippen molar-refractivity contribution in [3.8, 4) is 17.1 Å². The van der Waals surface area contributed by atoms with E-state index in [2.05, 4.69) is 31.3 Å². The smallest absolute Gasteiger partial charge is 0.457 e. The number of rotatable bonds is 30. The second-order valence-corrected chi connectivity index (χ2v) is 21.3. The predicted octanol–water partition coefficient (Wildman–Crippen LogP) is 7.52. The van der Waals surface area contributed by atoms with Crippen LogP contribution >= 0.6 is 0 Å².